The number of piperidine rings is 1. The summed E-state index contributed by atoms with van der Waals surface area (Å²) in [5.74, 6) is 0.813. The van der Waals surface area contributed by atoms with Gasteiger partial charge in [-0.25, -0.2) is 4.99 Å². The first-order chi connectivity index (χ1) is 13.2. The largest absolute Gasteiger partial charge is 0.469 e. The Balaban J connectivity index is 0.00000392. The molecule has 1 N–H and O–H groups in total. The number of likely N-dealkylation sites (tertiary alicyclic amines) is 1. The van der Waals surface area contributed by atoms with Crippen molar-refractivity contribution in [3.63, 3.8) is 0 Å². The van der Waals surface area contributed by atoms with Gasteiger partial charge in [-0.05, 0) is 37.3 Å². The molecule has 0 bridgehead atoms. The summed E-state index contributed by atoms with van der Waals surface area (Å²) in [6.45, 7) is 8.64. The summed E-state index contributed by atoms with van der Waals surface area (Å²) in [4.78, 5) is 18.8. The molecule has 0 atom stereocenters. The highest BCUT2D eigenvalue weighted by atomic mass is 127. The number of nitrogens with zero attached hydrogens (tertiary/aromatic N) is 2. The zero-order valence-corrected chi connectivity index (χ0v) is 19.6. The van der Waals surface area contributed by atoms with Gasteiger partial charge in [-0.2, -0.15) is 0 Å². The zero-order valence-electron chi connectivity index (χ0n) is 17.3. The monoisotopic (exact) mass is 503 g/mol. The number of methoxy groups -OCH3 is 1. The Morgan fingerprint density at radius 3 is 2.50 bits per heavy atom. The Morgan fingerprint density at radius 2 is 1.89 bits per heavy atom. The highest BCUT2D eigenvalue weighted by Gasteiger charge is 2.26. The Hall–Kier alpha value is -1.35. The number of rotatable bonds is 8. The standard InChI is InChI=1S/C21H33N3O3.HI/c1-4-14-27-16-19-9-7-6-8-18(19)15-23-21(22-5-2)24-12-10-17(11-13-24)20(25)26-3;/h6-9,17H,4-5,10-16H2,1-3H3,(H,22,23);1H. The SMILES string of the molecule is CCCOCc1ccccc1CN=C(NCC)N1CCC(C(=O)OC)CC1.I. The molecule has 1 fully saturated rings. The van der Waals surface area contributed by atoms with Gasteiger partial charge in [0.05, 0.1) is 26.2 Å². The van der Waals surface area contributed by atoms with Gasteiger partial charge in [0, 0.05) is 26.2 Å². The molecule has 0 saturated carbocycles. The molecule has 2 rings (SSSR count). The number of benzene rings is 1. The number of hydrogen-bond acceptors (Lipinski definition) is 4. The van der Waals surface area contributed by atoms with Gasteiger partial charge in [0.15, 0.2) is 5.96 Å². The zero-order chi connectivity index (χ0) is 19.5. The van der Waals surface area contributed by atoms with E-state index in [1.165, 1.54) is 18.2 Å². The van der Waals surface area contributed by atoms with Crippen molar-refractivity contribution in [1.82, 2.24) is 10.2 Å². The van der Waals surface area contributed by atoms with Gasteiger partial charge in [-0.3, -0.25) is 4.79 Å². The molecule has 0 spiro atoms. The number of halogens is 1. The van der Waals surface area contributed by atoms with Gasteiger partial charge < -0.3 is 19.7 Å². The van der Waals surface area contributed by atoms with Crippen LogP contribution in [-0.2, 0) is 27.4 Å². The summed E-state index contributed by atoms with van der Waals surface area (Å²) in [5, 5.41) is 3.38. The van der Waals surface area contributed by atoms with E-state index in [2.05, 4.69) is 36.2 Å². The summed E-state index contributed by atoms with van der Waals surface area (Å²) in [6, 6.07) is 8.31. The molecule has 1 aliphatic heterocycles. The van der Waals surface area contributed by atoms with Crippen LogP contribution >= 0.6 is 24.0 Å². The number of esters is 1. The lowest BCUT2D eigenvalue weighted by Crippen LogP contribution is -2.46. The Morgan fingerprint density at radius 1 is 1.21 bits per heavy atom. The minimum Gasteiger partial charge on any atom is -0.469 e. The van der Waals surface area contributed by atoms with Crippen LogP contribution in [-0.4, -0.2) is 50.2 Å². The molecule has 1 saturated heterocycles. The van der Waals surface area contributed by atoms with Crippen LogP contribution in [0.2, 0.25) is 0 Å². The summed E-state index contributed by atoms with van der Waals surface area (Å²) < 4.78 is 10.6. The molecule has 0 unspecified atom stereocenters. The van der Waals surface area contributed by atoms with E-state index < -0.39 is 0 Å². The quantitative estimate of drug-likeness (QED) is 0.193. The van der Waals surface area contributed by atoms with Crippen molar-refractivity contribution in [2.24, 2.45) is 10.9 Å². The number of aliphatic imine (C=N–C) groups is 1. The van der Waals surface area contributed by atoms with Gasteiger partial charge in [0.2, 0.25) is 0 Å². The maximum Gasteiger partial charge on any atom is 0.308 e. The van der Waals surface area contributed by atoms with E-state index in [-0.39, 0.29) is 35.9 Å². The predicted octanol–water partition coefficient (Wildman–Crippen LogP) is 3.58. The lowest BCUT2D eigenvalue weighted by Gasteiger charge is -2.33. The fourth-order valence-electron chi connectivity index (χ4n) is 3.26. The van der Waals surface area contributed by atoms with Crippen molar-refractivity contribution in [1.29, 1.82) is 0 Å². The first-order valence-corrected chi connectivity index (χ1v) is 9.95. The summed E-state index contributed by atoms with van der Waals surface area (Å²) in [5.41, 5.74) is 2.38. The molecule has 1 aliphatic rings. The van der Waals surface area contributed by atoms with Gasteiger partial charge in [0.1, 0.15) is 0 Å². The average molecular weight is 503 g/mol. The lowest BCUT2D eigenvalue weighted by molar-refractivity contribution is -0.146. The number of carbonyl (C=O) groups excluding carboxylic acids is 1. The summed E-state index contributed by atoms with van der Waals surface area (Å²) >= 11 is 0. The van der Waals surface area contributed by atoms with E-state index in [0.717, 1.165) is 51.5 Å². The number of hydrogen-bond donors (Lipinski definition) is 1. The molecule has 0 radical (unpaired) electrons. The second-order valence-electron chi connectivity index (χ2n) is 6.78. The second kappa shape index (κ2) is 13.8. The van der Waals surface area contributed by atoms with E-state index in [1.54, 1.807) is 0 Å². The van der Waals surface area contributed by atoms with E-state index in [4.69, 9.17) is 14.5 Å². The van der Waals surface area contributed by atoms with Crippen molar-refractivity contribution in [2.75, 3.05) is 33.4 Å². The van der Waals surface area contributed by atoms with Gasteiger partial charge in [0.25, 0.3) is 0 Å². The topological polar surface area (TPSA) is 63.2 Å². The van der Waals surface area contributed by atoms with Crippen LogP contribution in [0.1, 0.15) is 44.2 Å². The number of nitrogens with one attached hydrogen (secondary N) is 1. The normalized spacial score (nSPS) is 15.1. The van der Waals surface area contributed by atoms with Crippen molar-refractivity contribution < 1.29 is 14.3 Å². The molecular formula is C21H34IN3O3. The summed E-state index contributed by atoms with van der Waals surface area (Å²) in [6.07, 6.45) is 2.63. The van der Waals surface area contributed by atoms with Crippen LogP contribution in [0.4, 0.5) is 0 Å². The molecule has 0 aliphatic carbocycles. The van der Waals surface area contributed by atoms with Gasteiger partial charge in [-0.15, -0.1) is 24.0 Å². The van der Waals surface area contributed by atoms with Crippen LogP contribution in [0.5, 0.6) is 0 Å². The third-order valence-corrected chi connectivity index (χ3v) is 4.79. The maximum atomic E-state index is 11.7. The lowest BCUT2D eigenvalue weighted by atomic mass is 9.97. The predicted molar refractivity (Wildman–Crippen MR) is 123 cm³/mol. The molecule has 1 heterocycles. The average Bonchev–Trinajstić information content (AvgIpc) is 2.71. The van der Waals surface area contributed by atoms with Gasteiger partial charge >= 0.3 is 5.97 Å². The molecular weight excluding hydrogens is 469 g/mol. The number of guanidine groups is 1. The van der Waals surface area contributed by atoms with E-state index in [1.807, 2.05) is 12.1 Å². The van der Waals surface area contributed by atoms with Crippen molar-refractivity contribution in [2.45, 2.75) is 46.3 Å². The molecule has 0 amide bonds. The number of carbonyl (C=O) groups is 1. The van der Waals surface area contributed by atoms with Crippen molar-refractivity contribution >= 4 is 35.9 Å². The Bertz CT molecular complexity index is 617. The van der Waals surface area contributed by atoms with Crippen molar-refractivity contribution in [3.8, 4) is 0 Å². The smallest absolute Gasteiger partial charge is 0.308 e. The molecule has 7 heteroatoms. The number of ether oxygens (including phenoxy) is 2. The molecule has 0 aromatic heterocycles. The third-order valence-electron chi connectivity index (χ3n) is 4.79. The van der Waals surface area contributed by atoms with Crippen LogP contribution < -0.4 is 5.32 Å². The summed E-state index contributed by atoms with van der Waals surface area (Å²) in [7, 11) is 1.46. The van der Waals surface area contributed by atoms with Crippen LogP contribution in [0.25, 0.3) is 0 Å². The van der Waals surface area contributed by atoms with Crippen molar-refractivity contribution in [3.05, 3.63) is 35.4 Å². The maximum absolute atomic E-state index is 11.7. The minimum absolute atomic E-state index is 0. The molecule has 158 valence electrons. The van der Waals surface area contributed by atoms with E-state index in [0.29, 0.717) is 13.2 Å². The first kappa shape index (κ1) is 24.7. The van der Waals surface area contributed by atoms with Crippen LogP contribution in [0.15, 0.2) is 29.3 Å². The highest BCUT2D eigenvalue weighted by Crippen LogP contribution is 2.19. The van der Waals surface area contributed by atoms with E-state index >= 15 is 0 Å². The van der Waals surface area contributed by atoms with Crippen LogP contribution in [0.3, 0.4) is 0 Å². The van der Waals surface area contributed by atoms with E-state index in [9.17, 15) is 4.79 Å². The molecule has 1 aromatic rings. The fourth-order valence-corrected chi connectivity index (χ4v) is 3.26. The van der Waals surface area contributed by atoms with Gasteiger partial charge in [-0.1, -0.05) is 31.2 Å². The molecule has 28 heavy (non-hydrogen) atoms. The van der Waals surface area contributed by atoms with Crippen LogP contribution in [0, 0.1) is 5.92 Å². The molecule has 6 nitrogen and oxygen atoms in total. The minimum atomic E-state index is -0.0994. The second-order valence-corrected chi connectivity index (χ2v) is 6.78. The third kappa shape index (κ3) is 7.58. The highest BCUT2D eigenvalue weighted by molar-refractivity contribution is 14.0. The molecule has 1 aromatic carbocycles. The Labute approximate surface area is 186 Å². The fraction of sp³-hybridized carbons (Fsp3) is 0.619. The first-order valence-electron chi connectivity index (χ1n) is 9.95. The Kier molecular flexibility index (Phi) is 12.1.